The summed E-state index contributed by atoms with van der Waals surface area (Å²) in [6, 6.07) is 0. The lowest BCUT2D eigenvalue weighted by Crippen LogP contribution is -2.71. The third kappa shape index (κ3) is 2.76. The van der Waals surface area contributed by atoms with Gasteiger partial charge in [-0.2, -0.15) is 65.9 Å². The number of carbonyl (C=O) groups excluding carboxylic acids is 1. The van der Waals surface area contributed by atoms with E-state index in [1.807, 2.05) is 0 Å². The maximum atomic E-state index is 12.8. The molecule has 1 nitrogen and oxygen atoms in total. The van der Waals surface area contributed by atoms with Gasteiger partial charge in [-0.1, -0.05) is 0 Å². The molecule has 0 atom stereocenters. The van der Waals surface area contributed by atoms with Gasteiger partial charge < -0.3 is 0 Å². The largest absolute Gasteiger partial charge is 0.460 e. The Labute approximate surface area is 120 Å². The van der Waals surface area contributed by atoms with Gasteiger partial charge in [-0.15, -0.1) is 0 Å². The molecular weight excluding hydrogens is 397 g/mol. The van der Waals surface area contributed by atoms with Gasteiger partial charge in [-0.25, -0.2) is 0 Å². The second-order valence-electron chi connectivity index (χ2n) is 3.96. The Morgan fingerprint density at radius 1 is 0.500 bits per heavy atom. The molecule has 0 saturated heterocycles. The summed E-state index contributed by atoms with van der Waals surface area (Å²) < 4.78 is 184. The third-order valence-corrected chi connectivity index (χ3v) is 2.39. The standard InChI is InChI=1S/C8F15O/c9-2(10)1(24)3(11,12)4(13,14)5(15,16)6(17,18)7(19,20)8(21,22)23. The number of ketones is 1. The highest BCUT2D eigenvalue weighted by Crippen LogP contribution is 2.60. The molecule has 0 saturated carbocycles. The van der Waals surface area contributed by atoms with Crippen LogP contribution in [0.3, 0.4) is 0 Å². The Hall–Kier alpha value is -1.38. The van der Waals surface area contributed by atoms with Crippen LogP contribution in [0.1, 0.15) is 0 Å². The summed E-state index contributed by atoms with van der Waals surface area (Å²) in [5, 5.41) is 0. The smallest absolute Gasteiger partial charge is 0.286 e. The molecule has 0 aliphatic carbocycles. The number of rotatable bonds is 6. The Kier molecular flexibility index (Phi) is 5.25. The average molecular weight is 397 g/mol. The minimum atomic E-state index is -8.27. The van der Waals surface area contributed by atoms with Gasteiger partial charge in [0.25, 0.3) is 5.78 Å². The number of hydrogen-bond acceptors (Lipinski definition) is 1. The topological polar surface area (TPSA) is 17.1 Å². The number of hydrogen-bond donors (Lipinski definition) is 0. The van der Waals surface area contributed by atoms with Crippen LogP contribution < -0.4 is 0 Å². The maximum Gasteiger partial charge on any atom is 0.460 e. The molecular formula is C8F15O. The van der Waals surface area contributed by atoms with Crippen molar-refractivity contribution in [3.8, 4) is 0 Å². The minimum absolute atomic E-state index is 4.32. The highest BCUT2D eigenvalue weighted by atomic mass is 19.4. The van der Waals surface area contributed by atoms with Crippen molar-refractivity contribution in [2.24, 2.45) is 0 Å². The van der Waals surface area contributed by atoms with Crippen LogP contribution in [0.15, 0.2) is 0 Å². The summed E-state index contributed by atoms with van der Waals surface area (Å²) in [7, 11) is 0. The van der Waals surface area contributed by atoms with E-state index in [0.29, 0.717) is 0 Å². The van der Waals surface area contributed by atoms with Crippen molar-refractivity contribution in [3.05, 3.63) is 6.43 Å². The number of carbonyl (C=O) groups is 1. The molecule has 0 aromatic heterocycles. The number of alkyl halides is 13. The first-order valence-electron chi connectivity index (χ1n) is 4.79. The van der Waals surface area contributed by atoms with Crippen LogP contribution in [0.2, 0.25) is 0 Å². The molecule has 0 spiro atoms. The Bertz CT molecular complexity index is 486. The van der Waals surface area contributed by atoms with Gasteiger partial charge in [0, 0.05) is 0 Å². The first kappa shape index (κ1) is 22.6. The molecule has 16 heteroatoms. The van der Waals surface area contributed by atoms with Crippen molar-refractivity contribution in [3.63, 3.8) is 0 Å². The van der Waals surface area contributed by atoms with Gasteiger partial charge in [0.1, 0.15) is 0 Å². The van der Waals surface area contributed by atoms with Crippen LogP contribution >= 0.6 is 0 Å². The zero-order valence-corrected chi connectivity index (χ0v) is 10.1. The van der Waals surface area contributed by atoms with E-state index < -0.39 is 48.0 Å². The second-order valence-corrected chi connectivity index (χ2v) is 3.96. The fourth-order valence-corrected chi connectivity index (χ4v) is 1.03. The molecule has 1 radical (unpaired) electrons. The summed E-state index contributed by atoms with van der Waals surface area (Å²) in [6.45, 7) is 0. The van der Waals surface area contributed by atoms with Crippen molar-refractivity contribution < 1.29 is 70.7 Å². The zero-order chi connectivity index (χ0) is 20.2. The highest BCUT2D eigenvalue weighted by molar-refractivity contribution is 5.95. The lowest BCUT2D eigenvalue weighted by molar-refractivity contribution is -0.436. The molecule has 0 N–H and O–H groups in total. The predicted molar refractivity (Wildman–Crippen MR) is 41.3 cm³/mol. The summed E-state index contributed by atoms with van der Waals surface area (Å²) in [6.07, 6.45) is -11.9. The minimum Gasteiger partial charge on any atom is -0.286 e. The highest BCUT2D eigenvalue weighted by Gasteiger charge is 2.91. The number of halogens is 15. The SMILES string of the molecule is O=C([C](F)F)C(F)(F)C(F)(F)C(F)(F)C(F)(F)C(F)(F)C(F)(F)F. The molecule has 0 amide bonds. The van der Waals surface area contributed by atoms with Crippen LogP contribution in [-0.4, -0.2) is 41.6 Å². The molecule has 0 heterocycles. The molecule has 0 bridgehead atoms. The quantitative estimate of drug-likeness (QED) is 0.593. The molecule has 0 rings (SSSR count). The second kappa shape index (κ2) is 5.57. The van der Waals surface area contributed by atoms with Crippen LogP contribution in [0, 0.1) is 6.43 Å². The van der Waals surface area contributed by atoms with E-state index in [2.05, 4.69) is 0 Å². The molecule has 0 aliphatic rings. The average Bonchev–Trinajstić information content (AvgIpc) is 2.35. The van der Waals surface area contributed by atoms with E-state index in [1.54, 1.807) is 0 Å². The van der Waals surface area contributed by atoms with Gasteiger partial charge in [0.05, 0.1) is 0 Å². The first-order chi connectivity index (χ1) is 10.1. The van der Waals surface area contributed by atoms with Gasteiger partial charge in [-0.05, 0) is 0 Å². The summed E-state index contributed by atoms with van der Waals surface area (Å²) in [5.41, 5.74) is 0. The van der Waals surface area contributed by atoms with E-state index >= 15 is 0 Å². The van der Waals surface area contributed by atoms with Gasteiger partial charge in [0.15, 0.2) is 0 Å². The molecule has 0 fully saturated rings. The van der Waals surface area contributed by atoms with Crippen LogP contribution in [-0.2, 0) is 4.79 Å². The zero-order valence-electron chi connectivity index (χ0n) is 10.1. The van der Waals surface area contributed by atoms with Gasteiger partial charge >= 0.3 is 42.2 Å². The Morgan fingerprint density at radius 2 is 0.792 bits per heavy atom. The lowest BCUT2D eigenvalue weighted by Gasteiger charge is -2.39. The first-order valence-corrected chi connectivity index (χ1v) is 4.79. The fraction of sp³-hybridized carbons (Fsp3) is 0.750. The van der Waals surface area contributed by atoms with Crippen molar-refractivity contribution in [2.45, 2.75) is 35.8 Å². The summed E-state index contributed by atoms with van der Waals surface area (Å²) in [4.78, 5) is 10.0. The van der Waals surface area contributed by atoms with Gasteiger partial charge in [-0.3, -0.25) is 4.79 Å². The normalized spacial score (nSPS) is 15.8. The lowest BCUT2D eigenvalue weighted by atomic mass is 9.92. The Morgan fingerprint density at radius 3 is 1.04 bits per heavy atom. The Balaban J connectivity index is 6.36. The van der Waals surface area contributed by atoms with Crippen molar-refractivity contribution in [1.29, 1.82) is 0 Å². The maximum absolute atomic E-state index is 12.8. The van der Waals surface area contributed by atoms with Crippen molar-refractivity contribution in [2.75, 3.05) is 0 Å². The fourth-order valence-electron chi connectivity index (χ4n) is 1.03. The van der Waals surface area contributed by atoms with Crippen LogP contribution in [0.4, 0.5) is 65.9 Å². The van der Waals surface area contributed by atoms with Crippen LogP contribution in [0.25, 0.3) is 0 Å². The molecule has 24 heavy (non-hydrogen) atoms. The van der Waals surface area contributed by atoms with Crippen molar-refractivity contribution in [1.82, 2.24) is 0 Å². The van der Waals surface area contributed by atoms with E-state index in [-0.39, 0.29) is 0 Å². The summed E-state index contributed by atoms with van der Waals surface area (Å²) >= 11 is 0. The molecule has 0 aromatic carbocycles. The van der Waals surface area contributed by atoms with E-state index in [1.165, 1.54) is 0 Å². The summed E-state index contributed by atoms with van der Waals surface area (Å²) in [5.74, 6) is -44.4. The van der Waals surface area contributed by atoms with Gasteiger partial charge in [0.2, 0.25) is 0 Å². The molecule has 143 valence electrons. The predicted octanol–water partition coefficient (Wildman–Crippen LogP) is 4.72. The molecule has 0 aromatic rings. The van der Waals surface area contributed by atoms with Crippen LogP contribution in [0.5, 0.6) is 0 Å². The van der Waals surface area contributed by atoms with E-state index in [4.69, 9.17) is 0 Å². The van der Waals surface area contributed by atoms with E-state index in [9.17, 15) is 70.7 Å². The monoisotopic (exact) mass is 397 g/mol. The van der Waals surface area contributed by atoms with E-state index in [0.717, 1.165) is 0 Å². The molecule has 0 aliphatic heterocycles. The van der Waals surface area contributed by atoms with Crippen molar-refractivity contribution >= 4 is 5.78 Å². The third-order valence-electron chi connectivity index (χ3n) is 2.39. The molecule has 0 unspecified atom stereocenters. The number of Topliss-reactive ketones (excluding diaryl/α,β-unsaturated/α-hetero) is 1.